The van der Waals surface area contributed by atoms with Gasteiger partial charge in [0.25, 0.3) is 0 Å². The molecule has 2 atom stereocenters. The molecule has 1 N–H and O–H groups in total. The van der Waals surface area contributed by atoms with Crippen molar-refractivity contribution in [3.63, 3.8) is 0 Å². The van der Waals surface area contributed by atoms with Crippen LogP contribution in [-0.4, -0.2) is 39.0 Å². The molecule has 1 fully saturated rings. The maximum absolute atomic E-state index is 12.8. The number of nitrogens with one attached hydrogen (secondary N) is 1. The second-order valence-corrected chi connectivity index (χ2v) is 9.02. The molecule has 1 saturated heterocycles. The van der Waals surface area contributed by atoms with Crippen molar-refractivity contribution in [2.24, 2.45) is 5.92 Å². The van der Waals surface area contributed by atoms with E-state index in [-0.39, 0.29) is 6.04 Å². The molecule has 2 aromatic rings. The van der Waals surface area contributed by atoms with Crippen molar-refractivity contribution >= 4 is 20.8 Å². The average Bonchev–Trinajstić information content (AvgIpc) is 2.59. The van der Waals surface area contributed by atoms with Crippen LogP contribution in [0.1, 0.15) is 33.1 Å². The Bertz CT molecular complexity index is 814. The van der Waals surface area contributed by atoms with Crippen LogP contribution in [0.5, 0.6) is 0 Å². The van der Waals surface area contributed by atoms with E-state index in [4.69, 9.17) is 0 Å². The Labute approximate surface area is 151 Å². The van der Waals surface area contributed by atoms with Crippen molar-refractivity contribution in [3.05, 3.63) is 42.5 Å². The van der Waals surface area contributed by atoms with Gasteiger partial charge in [0.15, 0.2) is 0 Å². The molecule has 2 aromatic carbocycles. The van der Waals surface area contributed by atoms with Gasteiger partial charge in [0.1, 0.15) is 0 Å². The number of likely N-dealkylation sites (tertiary alicyclic amines) is 1. The highest BCUT2D eigenvalue weighted by Gasteiger charge is 2.21. The van der Waals surface area contributed by atoms with Crippen LogP contribution < -0.4 is 4.72 Å². The zero-order valence-corrected chi connectivity index (χ0v) is 15.9. The first-order valence-electron chi connectivity index (χ1n) is 9.18. The number of benzene rings is 2. The van der Waals surface area contributed by atoms with Gasteiger partial charge >= 0.3 is 0 Å². The van der Waals surface area contributed by atoms with E-state index in [1.54, 1.807) is 12.1 Å². The number of hydrogen-bond acceptors (Lipinski definition) is 3. The number of fused-ring (bicyclic) bond motifs is 1. The van der Waals surface area contributed by atoms with Crippen LogP contribution in [0.25, 0.3) is 10.8 Å². The Morgan fingerprint density at radius 1 is 1.20 bits per heavy atom. The summed E-state index contributed by atoms with van der Waals surface area (Å²) in [6.45, 7) is 7.45. The lowest BCUT2D eigenvalue weighted by Crippen LogP contribution is -2.39. The van der Waals surface area contributed by atoms with Crippen molar-refractivity contribution < 1.29 is 8.42 Å². The minimum atomic E-state index is -3.52. The molecule has 1 heterocycles. The average molecular weight is 361 g/mol. The lowest BCUT2D eigenvalue weighted by atomic mass is 10.00. The lowest BCUT2D eigenvalue weighted by molar-refractivity contribution is 0.178. The highest BCUT2D eigenvalue weighted by molar-refractivity contribution is 7.89. The van der Waals surface area contributed by atoms with Crippen molar-refractivity contribution in [3.8, 4) is 0 Å². The summed E-state index contributed by atoms with van der Waals surface area (Å²) in [7, 11) is -3.52. The van der Waals surface area contributed by atoms with Crippen molar-refractivity contribution in [2.75, 3.05) is 19.6 Å². The molecule has 0 radical (unpaired) electrons. The number of sulfonamides is 1. The Balaban J connectivity index is 1.66. The van der Waals surface area contributed by atoms with Gasteiger partial charge in [-0.25, -0.2) is 13.1 Å². The Kier molecular flexibility index (Phi) is 5.77. The predicted octanol–water partition coefficient (Wildman–Crippen LogP) is 3.63. The fourth-order valence-electron chi connectivity index (χ4n) is 3.68. The smallest absolute Gasteiger partial charge is 0.241 e. The molecular formula is C20H28N2O2S. The summed E-state index contributed by atoms with van der Waals surface area (Å²) in [6, 6.07) is 13.0. The first-order chi connectivity index (χ1) is 12.0. The molecule has 0 saturated carbocycles. The SMILES string of the molecule is CC1CCCN(CCC(C)NS(=O)(=O)c2cccc3ccccc23)C1. The van der Waals surface area contributed by atoms with Gasteiger partial charge in [0.2, 0.25) is 10.0 Å². The molecule has 2 unspecified atom stereocenters. The minimum absolute atomic E-state index is 0.0822. The monoisotopic (exact) mass is 360 g/mol. The number of rotatable bonds is 6. The van der Waals surface area contributed by atoms with Crippen LogP contribution in [-0.2, 0) is 10.0 Å². The highest BCUT2D eigenvalue weighted by atomic mass is 32.2. The van der Waals surface area contributed by atoms with E-state index in [2.05, 4.69) is 16.5 Å². The molecule has 136 valence electrons. The molecule has 3 rings (SSSR count). The molecule has 0 aliphatic carbocycles. The number of hydrogen-bond donors (Lipinski definition) is 1. The van der Waals surface area contributed by atoms with Gasteiger partial charge in [-0.3, -0.25) is 0 Å². The zero-order chi connectivity index (χ0) is 17.9. The molecule has 0 aromatic heterocycles. The Morgan fingerprint density at radius 2 is 1.96 bits per heavy atom. The Hall–Kier alpha value is -1.43. The van der Waals surface area contributed by atoms with Crippen LogP contribution in [0.15, 0.2) is 47.4 Å². The molecular weight excluding hydrogens is 332 g/mol. The summed E-state index contributed by atoms with van der Waals surface area (Å²) < 4.78 is 28.5. The first kappa shape index (κ1) is 18.4. The van der Waals surface area contributed by atoms with E-state index in [0.29, 0.717) is 4.90 Å². The fourth-order valence-corrected chi connectivity index (χ4v) is 5.19. The van der Waals surface area contributed by atoms with E-state index >= 15 is 0 Å². The third-order valence-electron chi connectivity index (χ3n) is 5.01. The topological polar surface area (TPSA) is 49.4 Å². The van der Waals surface area contributed by atoms with Crippen LogP contribution in [0.2, 0.25) is 0 Å². The first-order valence-corrected chi connectivity index (χ1v) is 10.7. The van der Waals surface area contributed by atoms with Gasteiger partial charge in [0, 0.05) is 18.0 Å². The quantitative estimate of drug-likeness (QED) is 0.856. The number of piperidine rings is 1. The van der Waals surface area contributed by atoms with E-state index in [1.165, 1.54) is 12.8 Å². The van der Waals surface area contributed by atoms with Crippen molar-refractivity contribution in [1.29, 1.82) is 0 Å². The predicted molar refractivity (Wildman–Crippen MR) is 103 cm³/mol. The van der Waals surface area contributed by atoms with Crippen molar-refractivity contribution in [1.82, 2.24) is 9.62 Å². The lowest BCUT2D eigenvalue weighted by Gasteiger charge is -2.31. The molecule has 1 aliphatic heterocycles. The number of nitrogens with zero attached hydrogens (tertiary/aromatic N) is 1. The van der Waals surface area contributed by atoms with E-state index < -0.39 is 10.0 Å². The van der Waals surface area contributed by atoms with Crippen LogP contribution in [0, 0.1) is 5.92 Å². The standard InChI is InChI=1S/C20H28N2O2S/c1-16-7-6-13-22(15-16)14-12-17(2)21-25(23,24)20-11-5-9-18-8-3-4-10-19(18)20/h3-5,8-11,16-17,21H,6-7,12-15H2,1-2H3. The fraction of sp³-hybridized carbons (Fsp3) is 0.500. The molecule has 4 nitrogen and oxygen atoms in total. The largest absolute Gasteiger partial charge is 0.303 e. The second kappa shape index (κ2) is 7.85. The molecule has 1 aliphatic rings. The summed E-state index contributed by atoms with van der Waals surface area (Å²) in [6.07, 6.45) is 3.38. The summed E-state index contributed by atoms with van der Waals surface area (Å²) in [4.78, 5) is 2.82. The van der Waals surface area contributed by atoms with Gasteiger partial charge in [-0.2, -0.15) is 0 Å². The van der Waals surface area contributed by atoms with Crippen LogP contribution >= 0.6 is 0 Å². The summed E-state index contributed by atoms with van der Waals surface area (Å²) >= 11 is 0. The van der Waals surface area contributed by atoms with Gasteiger partial charge in [-0.15, -0.1) is 0 Å². The normalized spacial score (nSPS) is 20.6. The van der Waals surface area contributed by atoms with Gasteiger partial charge in [0.05, 0.1) is 4.90 Å². The minimum Gasteiger partial charge on any atom is -0.303 e. The van der Waals surface area contributed by atoms with E-state index in [0.717, 1.165) is 42.7 Å². The van der Waals surface area contributed by atoms with Crippen LogP contribution in [0.3, 0.4) is 0 Å². The maximum atomic E-state index is 12.8. The summed E-state index contributed by atoms with van der Waals surface area (Å²) in [5.74, 6) is 0.747. The third kappa shape index (κ3) is 4.60. The zero-order valence-electron chi connectivity index (χ0n) is 15.1. The maximum Gasteiger partial charge on any atom is 0.241 e. The van der Waals surface area contributed by atoms with Gasteiger partial charge in [-0.05, 0) is 56.6 Å². The molecule has 0 spiro atoms. The second-order valence-electron chi connectivity index (χ2n) is 7.34. The molecule has 0 bridgehead atoms. The molecule has 25 heavy (non-hydrogen) atoms. The summed E-state index contributed by atoms with van der Waals surface area (Å²) in [5.41, 5.74) is 0. The summed E-state index contributed by atoms with van der Waals surface area (Å²) in [5, 5.41) is 1.72. The van der Waals surface area contributed by atoms with E-state index in [9.17, 15) is 8.42 Å². The molecule has 0 amide bonds. The van der Waals surface area contributed by atoms with Crippen LogP contribution in [0.4, 0.5) is 0 Å². The third-order valence-corrected chi connectivity index (χ3v) is 6.66. The van der Waals surface area contributed by atoms with Gasteiger partial charge < -0.3 is 4.90 Å². The molecule has 5 heteroatoms. The van der Waals surface area contributed by atoms with Crippen molar-refractivity contribution in [2.45, 2.75) is 44.0 Å². The van der Waals surface area contributed by atoms with Gasteiger partial charge in [-0.1, -0.05) is 43.3 Å². The Morgan fingerprint density at radius 3 is 2.76 bits per heavy atom. The highest BCUT2D eigenvalue weighted by Crippen LogP contribution is 2.23. The van der Waals surface area contributed by atoms with E-state index in [1.807, 2.05) is 37.3 Å².